The molecule has 1 aromatic rings. The van der Waals surface area contributed by atoms with E-state index < -0.39 is 0 Å². The SMILES string of the molecule is O=[N+]([O-])c1ccc(N2CCCCC2CCO)cc1I. The normalized spacial score (nSPS) is 19.5. The Labute approximate surface area is 125 Å². The first-order valence-corrected chi connectivity index (χ1v) is 7.53. The number of aliphatic hydroxyl groups excluding tert-OH is 1. The lowest BCUT2D eigenvalue weighted by atomic mass is 9.99. The van der Waals surface area contributed by atoms with Crippen LogP contribution in [0.1, 0.15) is 25.7 Å². The maximum Gasteiger partial charge on any atom is 0.282 e. The van der Waals surface area contributed by atoms with E-state index in [1.54, 1.807) is 6.07 Å². The van der Waals surface area contributed by atoms with Gasteiger partial charge in [-0.1, -0.05) is 0 Å². The molecule has 5 nitrogen and oxygen atoms in total. The zero-order valence-electron chi connectivity index (χ0n) is 10.6. The molecular weight excluding hydrogens is 359 g/mol. The molecule has 1 N–H and O–H groups in total. The Morgan fingerprint density at radius 2 is 2.26 bits per heavy atom. The number of rotatable bonds is 4. The van der Waals surface area contributed by atoms with E-state index in [2.05, 4.69) is 4.90 Å². The second-order valence-electron chi connectivity index (χ2n) is 4.75. The van der Waals surface area contributed by atoms with Crippen LogP contribution in [0.3, 0.4) is 0 Å². The Morgan fingerprint density at radius 1 is 1.47 bits per heavy atom. The fourth-order valence-corrected chi connectivity index (χ4v) is 3.31. The molecule has 1 saturated heterocycles. The lowest BCUT2D eigenvalue weighted by Crippen LogP contribution is -2.40. The van der Waals surface area contributed by atoms with Gasteiger partial charge >= 0.3 is 0 Å². The van der Waals surface area contributed by atoms with E-state index in [-0.39, 0.29) is 17.2 Å². The Balaban J connectivity index is 2.24. The fraction of sp³-hybridized carbons (Fsp3) is 0.538. The molecule has 0 saturated carbocycles. The molecule has 0 aliphatic carbocycles. The number of halogens is 1. The van der Waals surface area contributed by atoms with E-state index >= 15 is 0 Å². The number of nitro benzene ring substituents is 1. The van der Waals surface area contributed by atoms with Gasteiger partial charge in [0.1, 0.15) is 0 Å². The minimum absolute atomic E-state index is 0.153. The van der Waals surface area contributed by atoms with Crippen LogP contribution in [0, 0.1) is 13.7 Å². The number of nitro groups is 1. The number of benzene rings is 1. The first-order valence-electron chi connectivity index (χ1n) is 6.45. The third-order valence-corrected chi connectivity index (χ3v) is 4.41. The molecule has 6 heteroatoms. The monoisotopic (exact) mass is 376 g/mol. The minimum atomic E-state index is -0.354. The standard InChI is InChI=1S/C13H17IN2O3/c14-12-9-11(4-5-13(12)16(18)19)15-7-2-1-3-10(15)6-8-17/h4-5,9-10,17H,1-3,6-8H2. The molecule has 1 atom stereocenters. The van der Waals surface area contributed by atoms with Gasteiger partial charge in [0.25, 0.3) is 5.69 Å². The van der Waals surface area contributed by atoms with Gasteiger partial charge in [-0.2, -0.15) is 0 Å². The van der Waals surface area contributed by atoms with Crippen molar-refractivity contribution >= 4 is 34.0 Å². The average Bonchev–Trinajstić information content (AvgIpc) is 2.39. The van der Waals surface area contributed by atoms with Gasteiger partial charge in [0.15, 0.2) is 0 Å². The summed E-state index contributed by atoms with van der Waals surface area (Å²) in [4.78, 5) is 12.7. The molecule has 1 aliphatic rings. The molecule has 1 aliphatic heterocycles. The second-order valence-corrected chi connectivity index (χ2v) is 5.91. The number of anilines is 1. The van der Waals surface area contributed by atoms with Crippen LogP contribution in [0.4, 0.5) is 11.4 Å². The van der Waals surface area contributed by atoms with Gasteiger partial charge in [0.2, 0.25) is 0 Å². The molecule has 1 aromatic carbocycles. The van der Waals surface area contributed by atoms with E-state index in [4.69, 9.17) is 5.11 Å². The van der Waals surface area contributed by atoms with Crippen molar-refractivity contribution in [3.63, 3.8) is 0 Å². The highest BCUT2D eigenvalue weighted by Gasteiger charge is 2.23. The molecular formula is C13H17IN2O3. The molecule has 2 rings (SSSR count). The van der Waals surface area contributed by atoms with Gasteiger partial charge < -0.3 is 10.0 Å². The summed E-state index contributed by atoms with van der Waals surface area (Å²) in [7, 11) is 0. The van der Waals surface area contributed by atoms with Crippen molar-refractivity contribution in [3.05, 3.63) is 31.9 Å². The first kappa shape index (κ1) is 14.5. The zero-order chi connectivity index (χ0) is 13.8. The van der Waals surface area contributed by atoms with E-state index in [1.165, 1.54) is 6.42 Å². The highest BCUT2D eigenvalue weighted by atomic mass is 127. The van der Waals surface area contributed by atoms with Gasteiger partial charge in [0.05, 0.1) is 8.49 Å². The largest absolute Gasteiger partial charge is 0.396 e. The molecule has 0 aromatic heterocycles. The Bertz CT molecular complexity index is 465. The van der Waals surface area contributed by atoms with Crippen LogP contribution < -0.4 is 4.90 Å². The maximum absolute atomic E-state index is 10.8. The number of hydrogen-bond donors (Lipinski definition) is 1. The molecule has 1 fully saturated rings. The molecule has 19 heavy (non-hydrogen) atoms. The number of piperidine rings is 1. The highest BCUT2D eigenvalue weighted by Crippen LogP contribution is 2.31. The van der Waals surface area contributed by atoms with Crippen molar-refractivity contribution < 1.29 is 10.0 Å². The predicted octanol–water partition coefficient (Wildman–Crippen LogP) is 2.94. The van der Waals surface area contributed by atoms with Crippen molar-refractivity contribution in [2.24, 2.45) is 0 Å². The molecule has 104 valence electrons. The third-order valence-electron chi connectivity index (χ3n) is 3.55. The van der Waals surface area contributed by atoms with Crippen molar-refractivity contribution in [1.29, 1.82) is 0 Å². The van der Waals surface area contributed by atoms with Crippen molar-refractivity contribution in [1.82, 2.24) is 0 Å². The van der Waals surface area contributed by atoms with E-state index in [9.17, 15) is 10.1 Å². The average molecular weight is 376 g/mol. The lowest BCUT2D eigenvalue weighted by Gasteiger charge is -2.37. The van der Waals surface area contributed by atoms with Crippen LogP contribution in [0.5, 0.6) is 0 Å². The van der Waals surface area contributed by atoms with E-state index in [1.807, 2.05) is 34.7 Å². The van der Waals surface area contributed by atoms with Gasteiger partial charge in [-0.3, -0.25) is 10.1 Å². The second kappa shape index (κ2) is 6.51. The zero-order valence-corrected chi connectivity index (χ0v) is 12.7. The molecule has 0 bridgehead atoms. The number of hydrogen-bond acceptors (Lipinski definition) is 4. The summed E-state index contributed by atoms with van der Waals surface area (Å²) in [5, 5.41) is 20.0. The van der Waals surface area contributed by atoms with Gasteiger partial charge in [-0.15, -0.1) is 0 Å². The smallest absolute Gasteiger partial charge is 0.282 e. The van der Waals surface area contributed by atoms with Crippen molar-refractivity contribution in [2.75, 3.05) is 18.1 Å². The quantitative estimate of drug-likeness (QED) is 0.499. The minimum Gasteiger partial charge on any atom is -0.396 e. The summed E-state index contributed by atoms with van der Waals surface area (Å²) in [6, 6.07) is 5.60. The number of nitrogens with zero attached hydrogens (tertiary/aromatic N) is 2. The van der Waals surface area contributed by atoms with Gasteiger partial charge in [0, 0.05) is 30.9 Å². The summed E-state index contributed by atoms with van der Waals surface area (Å²) in [5.41, 5.74) is 1.17. The Hall–Kier alpha value is -0.890. The molecule has 0 radical (unpaired) electrons. The van der Waals surface area contributed by atoms with Gasteiger partial charge in [-0.05, 0) is 60.4 Å². The summed E-state index contributed by atoms with van der Waals surface area (Å²) < 4.78 is 0.661. The van der Waals surface area contributed by atoms with Crippen LogP contribution in [0.25, 0.3) is 0 Å². The molecule has 0 spiro atoms. The first-order chi connectivity index (χ1) is 9.13. The summed E-state index contributed by atoms with van der Waals surface area (Å²) in [6.07, 6.45) is 4.16. The lowest BCUT2D eigenvalue weighted by molar-refractivity contribution is -0.385. The molecule has 0 amide bonds. The summed E-state index contributed by atoms with van der Waals surface area (Å²) >= 11 is 2.01. The third kappa shape index (κ3) is 3.36. The molecule has 1 unspecified atom stereocenters. The summed E-state index contributed by atoms with van der Waals surface area (Å²) in [5.74, 6) is 0. The maximum atomic E-state index is 10.8. The van der Waals surface area contributed by atoms with Gasteiger partial charge in [-0.25, -0.2) is 0 Å². The highest BCUT2D eigenvalue weighted by molar-refractivity contribution is 14.1. The topological polar surface area (TPSA) is 66.6 Å². The van der Waals surface area contributed by atoms with Crippen molar-refractivity contribution in [3.8, 4) is 0 Å². The number of aliphatic hydroxyl groups is 1. The van der Waals surface area contributed by atoms with Crippen LogP contribution >= 0.6 is 22.6 Å². The fourth-order valence-electron chi connectivity index (χ4n) is 2.61. The van der Waals surface area contributed by atoms with Crippen LogP contribution in [0.2, 0.25) is 0 Å². The van der Waals surface area contributed by atoms with Crippen LogP contribution in [-0.4, -0.2) is 29.2 Å². The Kier molecular flexibility index (Phi) is 4.98. The molecule has 1 heterocycles. The Morgan fingerprint density at radius 3 is 2.89 bits per heavy atom. The van der Waals surface area contributed by atoms with Crippen molar-refractivity contribution in [2.45, 2.75) is 31.7 Å². The van der Waals surface area contributed by atoms with E-state index in [0.717, 1.165) is 31.5 Å². The van der Waals surface area contributed by atoms with Crippen LogP contribution in [0.15, 0.2) is 18.2 Å². The van der Waals surface area contributed by atoms with E-state index in [0.29, 0.717) is 9.61 Å². The summed E-state index contributed by atoms with van der Waals surface area (Å²) in [6.45, 7) is 1.14. The predicted molar refractivity (Wildman–Crippen MR) is 82.5 cm³/mol. The van der Waals surface area contributed by atoms with Crippen LogP contribution in [-0.2, 0) is 0 Å².